The lowest BCUT2D eigenvalue weighted by Crippen LogP contribution is -2.16. The Morgan fingerprint density at radius 1 is 1.53 bits per heavy atom. The minimum atomic E-state index is -0.764. The molecule has 3 N–H and O–H groups in total. The van der Waals surface area contributed by atoms with E-state index in [2.05, 4.69) is 4.74 Å². The maximum atomic E-state index is 11.1. The summed E-state index contributed by atoms with van der Waals surface area (Å²) in [6.07, 6.45) is -0.0951. The van der Waals surface area contributed by atoms with Crippen LogP contribution in [0.5, 0.6) is 11.5 Å². The Morgan fingerprint density at radius 3 is 2.63 bits per heavy atom. The summed E-state index contributed by atoms with van der Waals surface area (Å²) in [4.78, 5) is 11.1. The number of ether oxygens (including phenoxy) is 2. The Kier molecular flexibility index (Phi) is 6.69. The van der Waals surface area contributed by atoms with Crippen molar-refractivity contribution in [3.63, 3.8) is 0 Å². The first kappa shape index (κ1) is 17.0. The molecule has 0 fully saturated rings. The van der Waals surface area contributed by atoms with Crippen LogP contribution in [0.25, 0.3) is 0 Å². The monoisotopic (exact) mass is 286 g/mol. The number of nitrogens with two attached hydrogens (primary N) is 1. The third-order valence-corrected chi connectivity index (χ3v) is 2.47. The van der Waals surface area contributed by atoms with E-state index in [-0.39, 0.29) is 35.9 Å². The number of hydrogen-bond acceptors (Lipinski definition) is 6. The number of carbonyl (C=O) groups is 1. The van der Waals surface area contributed by atoms with Crippen molar-refractivity contribution in [1.82, 2.24) is 0 Å². The number of nitrogens with zero attached hydrogens (tertiary/aromatic N) is 1. The summed E-state index contributed by atoms with van der Waals surface area (Å²) < 4.78 is 9.44. The molecule has 7 heteroatoms. The maximum Gasteiger partial charge on any atom is 0.307 e. The molecule has 1 aromatic carbocycles. The minimum Gasteiger partial charge on any atom is -0.504 e. The molecular weight excluding hydrogens is 272 g/mol. The number of carbonyl (C=O) groups excluding carboxylic acids is 1. The number of halogens is 1. The topological polar surface area (TPSA) is 106 Å². The van der Waals surface area contributed by atoms with Crippen LogP contribution in [0.15, 0.2) is 12.1 Å². The molecule has 0 aliphatic rings. The number of hydrogen-bond donors (Lipinski definition) is 2. The van der Waals surface area contributed by atoms with Crippen molar-refractivity contribution in [2.75, 3.05) is 14.2 Å². The van der Waals surface area contributed by atoms with Crippen molar-refractivity contribution in [3.8, 4) is 17.6 Å². The fourth-order valence-corrected chi connectivity index (χ4v) is 1.51. The fourth-order valence-electron chi connectivity index (χ4n) is 1.51. The summed E-state index contributed by atoms with van der Waals surface area (Å²) in [5.41, 5.74) is 6.36. The van der Waals surface area contributed by atoms with Crippen LogP contribution in [0, 0.1) is 11.3 Å². The summed E-state index contributed by atoms with van der Waals surface area (Å²) in [5, 5.41) is 18.8. The van der Waals surface area contributed by atoms with E-state index in [0.717, 1.165) is 0 Å². The lowest BCUT2D eigenvalue weighted by molar-refractivity contribution is -0.141. The molecule has 0 bridgehead atoms. The quantitative estimate of drug-likeness (QED) is 0.807. The van der Waals surface area contributed by atoms with E-state index in [1.807, 2.05) is 6.07 Å². The van der Waals surface area contributed by atoms with Crippen LogP contribution >= 0.6 is 12.4 Å². The summed E-state index contributed by atoms with van der Waals surface area (Å²) in [7, 11) is 2.62. The molecule has 0 saturated carbocycles. The van der Waals surface area contributed by atoms with Crippen LogP contribution in [-0.4, -0.2) is 25.3 Å². The second-order valence-corrected chi connectivity index (χ2v) is 3.61. The highest BCUT2D eigenvalue weighted by Crippen LogP contribution is 2.35. The Labute approximate surface area is 117 Å². The van der Waals surface area contributed by atoms with Crippen molar-refractivity contribution < 1.29 is 19.4 Å². The smallest absolute Gasteiger partial charge is 0.307 e. The van der Waals surface area contributed by atoms with Crippen LogP contribution in [0.1, 0.15) is 23.6 Å². The van der Waals surface area contributed by atoms with Gasteiger partial charge in [0.15, 0.2) is 11.5 Å². The lowest BCUT2D eigenvalue weighted by atomic mass is 10.0. The molecule has 1 aromatic rings. The molecule has 0 aliphatic heterocycles. The van der Waals surface area contributed by atoms with Gasteiger partial charge in [0.1, 0.15) is 0 Å². The number of phenolic OH excluding ortho intramolecular Hbond substituents is 1. The van der Waals surface area contributed by atoms with Crippen LogP contribution < -0.4 is 10.5 Å². The highest BCUT2D eigenvalue weighted by molar-refractivity contribution is 5.85. The first-order valence-electron chi connectivity index (χ1n) is 5.16. The third-order valence-electron chi connectivity index (χ3n) is 2.47. The van der Waals surface area contributed by atoms with Crippen molar-refractivity contribution in [2.24, 2.45) is 5.73 Å². The normalized spacial score (nSPS) is 10.8. The van der Waals surface area contributed by atoms with Gasteiger partial charge >= 0.3 is 5.97 Å². The van der Waals surface area contributed by atoms with Crippen molar-refractivity contribution in [3.05, 3.63) is 23.3 Å². The zero-order chi connectivity index (χ0) is 13.7. The van der Waals surface area contributed by atoms with Gasteiger partial charge in [-0.05, 0) is 6.07 Å². The van der Waals surface area contributed by atoms with E-state index >= 15 is 0 Å². The van der Waals surface area contributed by atoms with Gasteiger partial charge in [0.2, 0.25) is 0 Å². The summed E-state index contributed by atoms with van der Waals surface area (Å²) in [6, 6.07) is 3.98. The molecule has 0 amide bonds. The van der Waals surface area contributed by atoms with Gasteiger partial charge in [0.25, 0.3) is 0 Å². The van der Waals surface area contributed by atoms with Gasteiger partial charge in [0, 0.05) is 17.7 Å². The van der Waals surface area contributed by atoms with Crippen LogP contribution in [0.4, 0.5) is 0 Å². The lowest BCUT2D eigenvalue weighted by Gasteiger charge is -2.15. The fraction of sp³-hybridized carbons (Fsp3) is 0.333. The van der Waals surface area contributed by atoms with Crippen LogP contribution in [0.2, 0.25) is 0 Å². The van der Waals surface area contributed by atoms with Gasteiger partial charge in [-0.15, -0.1) is 12.4 Å². The molecule has 104 valence electrons. The zero-order valence-corrected chi connectivity index (χ0v) is 11.4. The Hall–Kier alpha value is -1.97. The standard InChI is InChI=1S/C12H14N2O4.ClH/c1-17-10-4-7(6-13)3-8(12(10)16)9(14)5-11(15)18-2;/h3-4,9,16H,5,14H2,1-2H3;1H/t9-;/m0./s1. The Balaban J connectivity index is 0.00000324. The largest absolute Gasteiger partial charge is 0.504 e. The van der Waals surface area contributed by atoms with E-state index < -0.39 is 12.0 Å². The number of rotatable bonds is 4. The SMILES string of the molecule is COC(=O)C[C@H](N)c1cc(C#N)cc(OC)c1O.Cl. The minimum absolute atomic E-state index is 0. The number of benzene rings is 1. The van der Waals surface area contributed by atoms with E-state index in [9.17, 15) is 9.90 Å². The van der Waals surface area contributed by atoms with E-state index in [4.69, 9.17) is 15.7 Å². The maximum absolute atomic E-state index is 11.1. The number of nitriles is 1. The van der Waals surface area contributed by atoms with E-state index in [0.29, 0.717) is 5.56 Å². The van der Waals surface area contributed by atoms with Crippen molar-refractivity contribution in [2.45, 2.75) is 12.5 Å². The third kappa shape index (κ3) is 4.02. The molecule has 0 unspecified atom stereocenters. The molecule has 0 aromatic heterocycles. The summed E-state index contributed by atoms with van der Waals surface area (Å²) in [5.74, 6) is -0.527. The van der Waals surface area contributed by atoms with E-state index in [1.54, 1.807) is 0 Å². The Bertz CT molecular complexity index is 499. The molecule has 0 radical (unpaired) electrons. The van der Waals surface area contributed by atoms with Crippen molar-refractivity contribution >= 4 is 18.4 Å². The van der Waals surface area contributed by atoms with Crippen LogP contribution in [-0.2, 0) is 9.53 Å². The molecule has 19 heavy (non-hydrogen) atoms. The highest BCUT2D eigenvalue weighted by Gasteiger charge is 2.19. The van der Waals surface area contributed by atoms with Gasteiger partial charge in [-0.25, -0.2) is 0 Å². The van der Waals surface area contributed by atoms with E-state index in [1.165, 1.54) is 26.4 Å². The van der Waals surface area contributed by atoms with Gasteiger partial charge in [-0.1, -0.05) is 0 Å². The average Bonchev–Trinajstić information content (AvgIpc) is 2.38. The Morgan fingerprint density at radius 2 is 2.16 bits per heavy atom. The first-order valence-corrected chi connectivity index (χ1v) is 5.16. The highest BCUT2D eigenvalue weighted by atomic mass is 35.5. The predicted octanol–water partition coefficient (Wildman–Crippen LogP) is 1.26. The molecule has 0 aliphatic carbocycles. The molecule has 6 nitrogen and oxygen atoms in total. The molecule has 0 heterocycles. The molecule has 1 atom stereocenters. The number of esters is 1. The average molecular weight is 287 g/mol. The second-order valence-electron chi connectivity index (χ2n) is 3.61. The van der Waals surface area contributed by atoms with Crippen LogP contribution in [0.3, 0.4) is 0 Å². The molecule has 0 saturated heterocycles. The second kappa shape index (κ2) is 7.46. The van der Waals surface area contributed by atoms with Gasteiger partial charge in [-0.3, -0.25) is 4.79 Å². The number of methoxy groups -OCH3 is 2. The molecule has 1 rings (SSSR count). The van der Waals surface area contributed by atoms with Gasteiger partial charge < -0.3 is 20.3 Å². The molecule has 0 spiro atoms. The molecular formula is C12H15ClN2O4. The zero-order valence-electron chi connectivity index (χ0n) is 10.5. The number of aromatic hydroxyl groups is 1. The van der Waals surface area contributed by atoms with Gasteiger partial charge in [-0.2, -0.15) is 5.26 Å². The first-order chi connectivity index (χ1) is 8.53. The number of phenols is 1. The predicted molar refractivity (Wildman–Crippen MR) is 70.2 cm³/mol. The van der Waals surface area contributed by atoms with Crippen molar-refractivity contribution in [1.29, 1.82) is 5.26 Å². The summed E-state index contributed by atoms with van der Waals surface area (Å²) >= 11 is 0. The summed E-state index contributed by atoms with van der Waals surface area (Å²) in [6.45, 7) is 0. The van der Waals surface area contributed by atoms with Gasteiger partial charge in [0.05, 0.1) is 32.3 Å².